The van der Waals surface area contributed by atoms with E-state index < -0.39 is 0 Å². The quantitative estimate of drug-likeness (QED) is 0.379. The zero-order valence-corrected chi connectivity index (χ0v) is 13.2. The standard InChI is InChI=1S/C16H10.C5H13N/c1-3-11-7-9-13-5-2-6-14-10-8-12(4-1)15(11)16(13)14;1-2-3-4-5-6/h1-10H;2-6H2,1H3. The maximum atomic E-state index is 5.21. The molecule has 1 nitrogen and oxygen atoms in total. The molecule has 0 atom stereocenters. The molecule has 0 bridgehead atoms. The summed E-state index contributed by atoms with van der Waals surface area (Å²) in [7, 11) is 0. The van der Waals surface area contributed by atoms with Gasteiger partial charge in [0.1, 0.15) is 0 Å². The first-order chi connectivity index (χ1) is 10.8. The predicted molar refractivity (Wildman–Crippen MR) is 98.7 cm³/mol. The molecule has 0 radical (unpaired) electrons. The highest BCUT2D eigenvalue weighted by Gasteiger charge is 2.05. The van der Waals surface area contributed by atoms with Crippen molar-refractivity contribution in [3.05, 3.63) is 60.7 Å². The van der Waals surface area contributed by atoms with Gasteiger partial charge in [0.15, 0.2) is 0 Å². The van der Waals surface area contributed by atoms with Gasteiger partial charge in [0.2, 0.25) is 0 Å². The molecule has 0 saturated carbocycles. The van der Waals surface area contributed by atoms with Crippen LogP contribution in [0.1, 0.15) is 26.2 Å². The summed E-state index contributed by atoms with van der Waals surface area (Å²) in [6.45, 7) is 3.03. The van der Waals surface area contributed by atoms with Crippen LogP contribution in [0.3, 0.4) is 0 Å². The van der Waals surface area contributed by atoms with E-state index in [9.17, 15) is 0 Å². The number of hydrogen-bond acceptors (Lipinski definition) is 1. The van der Waals surface area contributed by atoms with Crippen LogP contribution in [-0.2, 0) is 0 Å². The van der Waals surface area contributed by atoms with Crippen LogP contribution in [0.25, 0.3) is 32.3 Å². The molecule has 4 aromatic carbocycles. The van der Waals surface area contributed by atoms with Crippen molar-refractivity contribution in [3.8, 4) is 0 Å². The molecular formula is C21H23N. The fourth-order valence-corrected chi connectivity index (χ4v) is 3.06. The Hall–Kier alpha value is -2.12. The lowest BCUT2D eigenvalue weighted by Crippen LogP contribution is -1.96. The van der Waals surface area contributed by atoms with Crippen LogP contribution in [0.5, 0.6) is 0 Å². The Morgan fingerprint density at radius 1 is 0.636 bits per heavy atom. The van der Waals surface area contributed by atoms with Gasteiger partial charge in [-0.2, -0.15) is 0 Å². The molecule has 4 aromatic rings. The zero-order chi connectivity index (χ0) is 15.4. The molecule has 0 spiro atoms. The molecule has 0 heterocycles. The smallest absolute Gasteiger partial charge is 0.00268 e. The summed E-state index contributed by atoms with van der Waals surface area (Å²) in [4.78, 5) is 0. The first-order valence-electron chi connectivity index (χ1n) is 8.17. The molecule has 2 N–H and O–H groups in total. The minimum absolute atomic E-state index is 0.855. The molecule has 0 aliphatic carbocycles. The molecular weight excluding hydrogens is 266 g/mol. The number of unbranched alkanes of at least 4 members (excludes halogenated alkanes) is 2. The lowest BCUT2D eigenvalue weighted by molar-refractivity contribution is 0.727. The van der Waals surface area contributed by atoms with E-state index in [1.807, 2.05) is 0 Å². The summed E-state index contributed by atoms with van der Waals surface area (Å²) in [5.74, 6) is 0. The van der Waals surface area contributed by atoms with Gasteiger partial charge in [0.25, 0.3) is 0 Å². The minimum atomic E-state index is 0.855. The van der Waals surface area contributed by atoms with Gasteiger partial charge >= 0.3 is 0 Å². The van der Waals surface area contributed by atoms with E-state index in [1.165, 1.54) is 51.6 Å². The highest BCUT2D eigenvalue weighted by atomic mass is 14.5. The number of nitrogens with two attached hydrogens (primary N) is 1. The minimum Gasteiger partial charge on any atom is -0.330 e. The average Bonchev–Trinajstić information content (AvgIpc) is 2.59. The second-order valence-electron chi connectivity index (χ2n) is 5.79. The Morgan fingerprint density at radius 2 is 1.05 bits per heavy atom. The summed E-state index contributed by atoms with van der Waals surface area (Å²) in [6.07, 6.45) is 3.75. The van der Waals surface area contributed by atoms with Gasteiger partial charge in [0.05, 0.1) is 0 Å². The van der Waals surface area contributed by atoms with Gasteiger partial charge in [-0.15, -0.1) is 0 Å². The van der Waals surface area contributed by atoms with Crippen molar-refractivity contribution >= 4 is 32.3 Å². The van der Waals surface area contributed by atoms with E-state index in [-0.39, 0.29) is 0 Å². The summed E-state index contributed by atoms with van der Waals surface area (Å²) in [5.41, 5.74) is 5.21. The Kier molecular flexibility index (Phi) is 4.55. The average molecular weight is 289 g/mol. The second kappa shape index (κ2) is 6.76. The lowest BCUT2D eigenvalue weighted by atomic mass is 9.95. The molecule has 0 aliphatic rings. The maximum Gasteiger partial charge on any atom is -0.00268 e. The van der Waals surface area contributed by atoms with Crippen molar-refractivity contribution in [2.24, 2.45) is 5.73 Å². The number of hydrogen-bond donors (Lipinski definition) is 1. The van der Waals surface area contributed by atoms with Crippen molar-refractivity contribution in [3.63, 3.8) is 0 Å². The molecule has 4 rings (SSSR count). The van der Waals surface area contributed by atoms with Crippen LogP contribution < -0.4 is 5.73 Å². The van der Waals surface area contributed by atoms with Crippen molar-refractivity contribution in [2.45, 2.75) is 26.2 Å². The number of rotatable bonds is 3. The van der Waals surface area contributed by atoms with Crippen molar-refractivity contribution < 1.29 is 0 Å². The van der Waals surface area contributed by atoms with Crippen LogP contribution >= 0.6 is 0 Å². The van der Waals surface area contributed by atoms with Crippen molar-refractivity contribution in [1.82, 2.24) is 0 Å². The summed E-state index contributed by atoms with van der Waals surface area (Å²) >= 11 is 0. The highest BCUT2D eigenvalue weighted by molar-refractivity contribution is 6.22. The molecule has 0 aliphatic heterocycles. The predicted octanol–water partition coefficient (Wildman–Crippen LogP) is 5.72. The van der Waals surface area contributed by atoms with Crippen molar-refractivity contribution in [2.75, 3.05) is 6.54 Å². The van der Waals surface area contributed by atoms with Gasteiger partial charge in [0, 0.05) is 0 Å². The monoisotopic (exact) mass is 289 g/mol. The van der Waals surface area contributed by atoms with Gasteiger partial charge in [-0.25, -0.2) is 0 Å². The van der Waals surface area contributed by atoms with Gasteiger partial charge in [-0.05, 0) is 45.3 Å². The summed E-state index contributed by atoms with van der Waals surface area (Å²) < 4.78 is 0. The van der Waals surface area contributed by atoms with Gasteiger partial charge in [-0.1, -0.05) is 80.4 Å². The van der Waals surface area contributed by atoms with E-state index in [4.69, 9.17) is 5.73 Å². The topological polar surface area (TPSA) is 26.0 Å². The van der Waals surface area contributed by atoms with Gasteiger partial charge in [-0.3, -0.25) is 0 Å². The molecule has 1 heteroatoms. The SMILES string of the molecule is CCCCCN.c1cc2ccc3cccc4ccc(c1)c2c34. The maximum absolute atomic E-state index is 5.21. The first-order valence-corrected chi connectivity index (χ1v) is 8.17. The summed E-state index contributed by atoms with van der Waals surface area (Å²) in [5, 5.41) is 8.14. The highest BCUT2D eigenvalue weighted by Crippen LogP contribution is 2.33. The van der Waals surface area contributed by atoms with Crippen LogP contribution in [0.4, 0.5) is 0 Å². The zero-order valence-electron chi connectivity index (χ0n) is 13.2. The Morgan fingerprint density at radius 3 is 1.32 bits per heavy atom. The summed E-state index contributed by atoms with van der Waals surface area (Å²) in [6, 6.07) is 21.9. The van der Waals surface area contributed by atoms with E-state index in [1.54, 1.807) is 0 Å². The molecule has 0 fully saturated rings. The van der Waals surface area contributed by atoms with Crippen LogP contribution in [-0.4, -0.2) is 6.54 Å². The molecule has 0 unspecified atom stereocenters. The third kappa shape index (κ3) is 2.77. The molecule has 22 heavy (non-hydrogen) atoms. The Balaban J connectivity index is 0.000000209. The van der Waals surface area contributed by atoms with E-state index in [0.29, 0.717) is 0 Å². The Labute approximate surface area is 132 Å². The molecule has 0 amide bonds. The number of benzene rings is 4. The van der Waals surface area contributed by atoms with E-state index in [0.717, 1.165) is 6.54 Å². The Bertz CT molecular complexity index is 729. The lowest BCUT2D eigenvalue weighted by Gasteiger charge is -2.09. The molecule has 0 saturated heterocycles. The fourth-order valence-electron chi connectivity index (χ4n) is 3.06. The van der Waals surface area contributed by atoms with Gasteiger partial charge < -0.3 is 5.73 Å². The van der Waals surface area contributed by atoms with Crippen LogP contribution in [0.15, 0.2) is 60.7 Å². The fraction of sp³-hybridized carbons (Fsp3) is 0.238. The van der Waals surface area contributed by atoms with E-state index in [2.05, 4.69) is 67.6 Å². The molecule has 0 aromatic heterocycles. The normalized spacial score (nSPS) is 11.0. The van der Waals surface area contributed by atoms with Crippen LogP contribution in [0, 0.1) is 0 Å². The first kappa shape index (κ1) is 14.8. The second-order valence-corrected chi connectivity index (χ2v) is 5.79. The third-order valence-electron chi connectivity index (χ3n) is 4.20. The van der Waals surface area contributed by atoms with Crippen LogP contribution in [0.2, 0.25) is 0 Å². The third-order valence-corrected chi connectivity index (χ3v) is 4.20. The largest absolute Gasteiger partial charge is 0.330 e. The molecule has 112 valence electrons. The van der Waals surface area contributed by atoms with Crippen molar-refractivity contribution in [1.29, 1.82) is 0 Å². The van der Waals surface area contributed by atoms with E-state index >= 15 is 0 Å².